The number of fused-ring (bicyclic) bond motifs is 1. The third kappa shape index (κ3) is 8.13. The van der Waals surface area contributed by atoms with Gasteiger partial charge < -0.3 is 19.6 Å². The van der Waals surface area contributed by atoms with Gasteiger partial charge in [-0.3, -0.25) is 4.79 Å². The van der Waals surface area contributed by atoms with Gasteiger partial charge in [0.15, 0.2) is 5.43 Å². The van der Waals surface area contributed by atoms with Crippen LogP contribution in [0, 0.1) is 6.92 Å². The number of aryl methyl sites for hydroxylation is 1. The molecule has 0 fully saturated rings. The van der Waals surface area contributed by atoms with Crippen LogP contribution < -0.4 is 10.5 Å². The van der Waals surface area contributed by atoms with Crippen molar-refractivity contribution in [2.24, 2.45) is 0 Å². The number of aromatic carboxylic acids is 1. The Hall–Kier alpha value is -2.79. The quantitative estimate of drug-likeness (QED) is 0.328. The number of aromatic nitrogens is 1. The first-order chi connectivity index (χ1) is 17.3. The molecule has 0 amide bonds. The molecule has 0 unspecified atom stereocenters. The zero-order chi connectivity index (χ0) is 26.7. The Morgan fingerprint density at radius 3 is 2.19 bits per heavy atom. The number of hydrogen-bond donors (Lipinski definition) is 1. The van der Waals surface area contributed by atoms with Gasteiger partial charge in [-0.25, -0.2) is 0 Å². The van der Waals surface area contributed by atoms with Crippen LogP contribution in [0.5, 0.6) is 0 Å². The van der Waals surface area contributed by atoms with Gasteiger partial charge in [0, 0.05) is 18.1 Å². The van der Waals surface area contributed by atoms with E-state index in [4.69, 9.17) is 5.11 Å². The summed E-state index contributed by atoms with van der Waals surface area (Å²) in [5.41, 5.74) is 4.41. The van der Waals surface area contributed by atoms with Crippen LogP contribution in [-0.2, 0) is 30.3 Å². The van der Waals surface area contributed by atoms with Crippen molar-refractivity contribution in [3.63, 3.8) is 0 Å². The van der Waals surface area contributed by atoms with E-state index >= 15 is 0 Å². The van der Waals surface area contributed by atoms with E-state index in [1.165, 1.54) is 17.3 Å². The van der Waals surface area contributed by atoms with Crippen LogP contribution in [0.4, 0.5) is 0 Å². The molecule has 0 atom stereocenters. The SMILES string of the molecule is Cc1ccc(C(C)C)cc1.O=C([O-])c1cn(CCO)c2ccc(Cc3ccccc3)cc2c1=O.[Cl][Ru+]. The number of benzene rings is 3. The Balaban J connectivity index is 0.000000318. The van der Waals surface area contributed by atoms with Crippen molar-refractivity contribution in [2.75, 3.05) is 6.61 Å². The topological polar surface area (TPSA) is 82.4 Å². The van der Waals surface area contributed by atoms with Gasteiger partial charge in [0.05, 0.1) is 23.7 Å². The van der Waals surface area contributed by atoms with Crippen molar-refractivity contribution in [2.45, 2.75) is 39.7 Å². The summed E-state index contributed by atoms with van der Waals surface area (Å²) in [5.74, 6) is -0.859. The predicted octanol–water partition coefficient (Wildman–Crippen LogP) is 4.75. The maximum atomic E-state index is 12.4. The summed E-state index contributed by atoms with van der Waals surface area (Å²) in [6.07, 6.45) is 1.87. The Kier molecular flexibility index (Phi) is 12.0. The second-order valence-electron chi connectivity index (χ2n) is 8.66. The molecule has 0 spiro atoms. The van der Waals surface area contributed by atoms with Gasteiger partial charge in [0.25, 0.3) is 0 Å². The number of carboxylic acid groups (broad SMARTS) is 1. The molecular weight excluding hydrogens is 563 g/mol. The van der Waals surface area contributed by atoms with Gasteiger partial charge >= 0.3 is 27.0 Å². The summed E-state index contributed by atoms with van der Waals surface area (Å²) in [5, 5.41) is 20.7. The van der Waals surface area contributed by atoms with Crippen LogP contribution in [-0.4, -0.2) is 22.2 Å². The number of halogens is 1. The third-order valence-electron chi connectivity index (χ3n) is 5.70. The molecule has 4 aromatic rings. The third-order valence-corrected chi connectivity index (χ3v) is 5.70. The second-order valence-corrected chi connectivity index (χ2v) is 8.66. The second kappa shape index (κ2) is 14.7. The summed E-state index contributed by atoms with van der Waals surface area (Å²) in [4.78, 5) is 23.6. The molecule has 36 heavy (non-hydrogen) atoms. The fraction of sp³-hybridized carbons (Fsp3) is 0.241. The molecular formula is C29H30ClNO4Ru. The van der Waals surface area contributed by atoms with Gasteiger partial charge in [-0.05, 0) is 48.1 Å². The van der Waals surface area contributed by atoms with Gasteiger partial charge in [0.2, 0.25) is 0 Å². The number of aliphatic hydroxyl groups excluding tert-OH is 1. The Bertz CT molecular complexity index is 1320. The molecule has 0 bridgehead atoms. The maximum absolute atomic E-state index is 12.4. The molecule has 1 N–H and O–H groups in total. The van der Waals surface area contributed by atoms with Crippen LogP contribution in [0.3, 0.4) is 0 Å². The van der Waals surface area contributed by atoms with E-state index in [0.717, 1.165) is 11.1 Å². The van der Waals surface area contributed by atoms with Crippen LogP contribution >= 0.6 is 9.69 Å². The number of aliphatic hydroxyl groups is 1. The fourth-order valence-corrected chi connectivity index (χ4v) is 3.78. The molecule has 1 aromatic heterocycles. The first-order valence-electron chi connectivity index (χ1n) is 11.5. The molecule has 3 aromatic carbocycles. The summed E-state index contributed by atoms with van der Waals surface area (Å²) in [7, 11) is 4.57. The van der Waals surface area contributed by atoms with Crippen molar-refractivity contribution in [1.82, 2.24) is 4.57 Å². The van der Waals surface area contributed by atoms with E-state index in [9.17, 15) is 14.7 Å². The molecule has 0 aliphatic heterocycles. The summed E-state index contributed by atoms with van der Waals surface area (Å²) in [6, 6.07) is 23.9. The van der Waals surface area contributed by atoms with E-state index in [1.807, 2.05) is 53.7 Å². The average molecular weight is 593 g/mol. The summed E-state index contributed by atoms with van der Waals surface area (Å²) >= 11 is 1.82. The molecule has 0 aliphatic rings. The number of hydrogen-bond acceptors (Lipinski definition) is 4. The molecule has 190 valence electrons. The van der Waals surface area contributed by atoms with Gasteiger partial charge in [-0.15, -0.1) is 0 Å². The standard InChI is InChI=1S/C19H17NO4.C10H14.ClH.Ru/c21-9-8-20-12-16(19(23)24)18(22)15-11-14(6-7-17(15)20)10-13-4-2-1-3-5-13;1-8(2)10-6-4-9(3)5-7-10;;/h1-7,11-12,21H,8-10H2,(H,23,24);4-8H,1-3H3;1H;/q;;;+2/p-2. The Morgan fingerprint density at radius 2 is 1.64 bits per heavy atom. The minimum absolute atomic E-state index is 0.157. The van der Waals surface area contributed by atoms with E-state index in [0.29, 0.717) is 23.2 Å². The summed E-state index contributed by atoms with van der Waals surface area (Å²) in [6.45, 7) is 6.59. The van der Waals surface area contributed by atoms with Crippen LogP contribution in [0.1, 0.15) is 52.4 Å². The van der Waals surface area contributed by atoms with Crippen LogP contribution in [0.15, 0.2) is 83.8 Å². The molecule has 0 aliphatic carbocycles. The molecule has 1 heterocycles. The van der Waals surface area contributed by atoms with E-state index in [1.54, 1.807) is 16.7 Å². The Morgan fingerprint density at radius 1 is 1.00 bits per heavy atom. The summed E-state index contributed by atoms with van der Waals surface area (Å²) < 4.78 is 1.56. The molecule has 0 saturated carbocycles. The van der Waals surface area contributed by atoms with Gasteiger partial charge in [-0.1, -0.05) is 80.1 Å². The minimum atomic E-state index is -1.51. The number of carboxylic acids is 1. The van der Waals surface area contributed by atoms with Crippen molar-refractivity contribution >= 4 is 26.6 Å². The zero-order valence-corrected chi connectivity index (χ0v) is 23.0. The van der Waals surface area contributed by atoms with Gasteiger partial charge in [0.1, 0.15) is 0 Å². The molecule has 5 nitrogen and oxygen atoms in total. The van der Waals surface area contributed by atoms with Crippen molar-refractivity contribution < 1.29 is 32.3 Å². The number of rotatable bonds is 6. The normalized spacial score (nSPS) is 10.3. The fourth-order valence-electron chi connectivity index (χ4n) is 3.78. The molecule has 0 radical (unpaired) electrons. The van der Waals surface area contributed by atoms with Crippen LogP contribution in [0.2, 0.25) is 0 Å². The number of nitrogens with zero attached hydrogens (tertiary/aromatic N) is 1. The van der Waals surface area contributed by atoms with E-state index in [2.05, 4.69) is 54.7 Å². The number of pyridine rings is 1. The first kappa shape index (κ1) is 29.4. The van der Waals surface area contributed by atoms with Crippen LogP contribution in [0.25, 0.3) is 10.9 Å². The predicted molar refractivity (Wildman–Crippen MR) is 140 cm³/mol. The molecule has 4 rings (SSSR count). The van der Waals surface area contributed by atoms with Crippen molar-refractivity contribution in [3.05, 3.63) is 117 Å². The van der Waals surface area contributed by atoms with Crippen molar-refractivity contribution in [3.8, 4) is 0 Å². The van der Waals surface area contributed by atoms with Crippen molar-refractivity contribution in [1.29, 1.82) is 0 Å². The van der Waals surface area contributed by atoms with E-state index in [-0.39, 0.29) is 13.2 Å². The zero-order valence-electron chi connectivity index (χ0n) is 20.6. The first-order valence-corrected chi connectivity index (χ1v) is 13.8. The van der Waals surface area contributed by atoms with E-state index < -0.39 is 17.0 Å². The Labute approximate surface area is 226 Å². The monoisotopic (exact) mass is 593 g/mol. The molecule has 7 heteroatoms. The average Bonchev–Trinajstić information content (AvgIpc) is 2.88. The molecule has 0 saturated heterocycles. The number of carbonyl (C=O) groups excluding carboxylic acids is 1. The van der Waals surface area contributed by atoms with Gasteiger partial charge in [-0.2, -0.15) is 0 Å². The number of carbonyl (C=O) groups is 1.